The average Bonchev–Trinajstić information content (AvgIpc) is 2.21. The molecule has 1 atom stereocenters. The van der Waals surface area contributed by atoms with Crippen molar-refractivity contribution >= 4 is 23.2 Å². The van der Waals surface area contributed by atoms with Crippen LogP contribution in [0, 0.1) is 5.92 Å². The highest BCUT2D eigenvalue weighted by atomic mass is 35.5. The third kappa shape index (κ3) is 4.21. The summed E-state index contributed by atoms with van der Waals surface area (Å²) >= 11 is 5.74. The number of rotatable bonds is 4. The molecule has 0 bridgehead atoms. The zero-order valence-electron chi connectivity index (χ0n) is 9.53. The highest BCUT2D eigenvalue weighted by molar-refractivity contribution is 6.30. The van der Waals surface area contributed by atoms with Crippen molar-refractivity contribution in [3.63, 3.8) is 0 Å². The molecule has 3 N–H and O–H groups in total. The predicted octanol–water partition coefficient (Wildman–Crippen LogP) is 2.65. The van der Waals surface area contributed by atoms with Crippen LogP contribution >= 0.6 is 11.6 Å². The Bertz CT molecular complexity index is 349. The van der Waals surface area contributed by atoms with Gasteiger partial charge in [0, 0.05) is 23.2 Å². The maximum absolute atomic E-state index is 11.6. The molecule has 1 rings (SSSR count). The van der Waals surface area contributed by atoms with Crippen molar-refractivity contribution in [3.05, 3.63) is 29.3 Å². The van der Waals surface area contributed by atoms with E-state index in [1.165, 1.54) is 0 Å². The molecule has 16 heavy (non-hydrogen) atoms. The molecule has 0 saturated carbocycles. The third-order valence-electron chi connectivity index (χ3n) is 2.41. The van der Waals surface area contributed by atoms with Gasteiger partial charge in [0.2, 0.25) is 5.91 Å². The van der Waals surface area contributed by atoms with E-state index in [4.69, 9.17) is 17.3 Å². The van der Waals surface area contributed by atoms with Gasteiger partial charge in [0.15, 0.2) is 0 Å². The Kier molecular flexibility index (Phi) is 4.77. The number of carbonyl (C=O) groups is 1. The molecular formula is C12H17ClN2O. The SMILES string of the molecule is CC(C)C(N)CC(=O)Nc1ccc(Cl)cc1. The largest absolute Gasteiger partial charge is 0.327 e. The average molecular weight is 241 g/mol. The summed E-state index contributed by atoms with van der Waals surface area (Å²) in [6, 6.07) is 6.90. The molecule has 1 amide bonds. The third-order valence-corrected chi connectivity index (χ3v) is 2.66. The van der Waals surface area contributed by atoms with Crippen molar-refractivity contribution in [1.29, 1.82) is 0 Å². The zero-order valence-corrected chi connectivity index (χ0v) is 10.3. The summed E-state index contributed by atoms with van der Waals surface area (Å²) in [5.41, 5.74) is 6.55. The molecule has 0 aliphatic heterocycles. The lowest BCUT2D eigenvalue weighted by Gasteiger charge is -2.14. The van der Waals surface area contributed by atoms with Gasteiger partial charge >= 0.3 is 0 Å². The summed E-state index contributed by atoms with van der Waals surface area (Å²) in [6.45, 7) is 4.00. The summed E-state index contributed by atoms with van der Waals surface area (Å²) in [5, 5.41) is 3.43. The Balaban J connectivity index is 2.48. The van der Waals surface area contributed by atoms with E-state index >= 15 is 0 Å². The molecule has 1 aromatic carbocycles. The van der Waals surface area contributed by atoms with E-state index in [9.17, 15) is 4.79 Å². The number of nitrogens with one attached hydrogen (secondary N) is 1. The van der Waals surface area contributed by atoms with E-state index in [0.29, 0.717) is 17.4 Å². The number of hydrogen-bond acceptors (Lipinski definition) is 2. The molecule has 3 nitrogen and oxygen atoms in total. The number of anilines is 1. The van der Waals surface area contributed by atoms with Gasteiger partial charge in [-0.05, 0) is 30.2 Å². The van der Waals surface area contributed by atoms with Gasteiger partial charge in [-0.25, -0.2) is 0 Å². The predicted molar refractivity (Wildman–Crippen MR) is 67.5 cm³/mol. The molecule has 1 aromatic rings. The highest BCUT2D eigenvalue weighted by Crippen LogP contribution is 2.14. The lowest BCUT2D eigenvalue weighted by Crippen LogP contribution is -2.31. The first-order valence-electron chi connectivity index (χ1n) is 5.30. The first-order chi connectivity index (χ1) is 7.49. The topological polar surface area (TPSA) is 55.1 Å². The molecule has 1 unspecified atom stereocenters. The van der Waals surface area contributed by atoms with E-state index in [2.05, 4.69) is 5.32 Å². The zero-order chi connectivity index (χ0) is 12.1. The number of halogens is 1. The van der Waals surface area contributed by atoms with E-state index in [-0.39, 0.29) is 11.9 Å². The van der Waals surface area contributed by atoms with Crippen LogP contribution in [0.25, 0.3) is 0 Å². The maximum Gasteiger partial charge on any atom is 0.225 e. The van der Waals surface area contributed by atoms with Crippen molar-refractivity contribution in [2.75, 3.05) is 5.32 Å². The summed E-state index contributed by atoms with van der Waals surface area (Å²) in [5.74, 6) is 0.236. The van der Waals surface area contributed by atoms with E-state index in [0.717, 1.165) is 5.69 Å². The second kappa shape index (κ2) is 5.87. The van der Waals surface area contributed by atoms with Crippen LogP contribution in [0.15, 0.2) is 24.3 Å². The van der Waals surface area contributed by atoms with Gasteiger partial charge in [0.05, 0.1) is 0 Å². The number of nitrogens with two attached hydrogens (primary N) is 1. The fourth-order valence-electron chi connectivity index (χ4n) is 1.20. The van der Waals surface area contributed by atoms with Crippen LogP contribution in [0.4, 0.5) is 5.69 Å². The van der Waals surface area contributed by atoms with Crippen molar-refractivity contribution in [1.82, 2.24) is 0 Å². The Labute approximate surface area is 101 Å². The number of benzene rings is 1. The first-order valence-corrected chi connectivity index (χ1v) is 5.68. The minimum absolute atomic E-state index is 0.0662. The molecular weight excluding hydrogens is 224 g/mol. The van der Waals surface area contributed by atoms with Gasteiger partial charge in [-0.15, -0.1) is 0 Å². The Hall–Kier alpha value is -1.06. The van der Waals surface area contributed by atoms with Gasteiger partial charge < -0.3 is 11.1 Å². The standard InChI is InChI=1S/C12H17ClN2O/c1-8(2)11(14)7-12(16)15-10-5-3-9(13)4-6-10/h3-6,8,11H,7,14H2,1-2H3,(H,15,16). The van der Waals surface area contributed by atoms with Crippen LogP contribution in [0.2, 0.25) is 5.02 Å². The van der Waals surface area contributed by atoms with Gasteiger partial charge in [-0.1, -0.05) is 25.4 Å². The van der Waals surface area contributed by atoms with Crippen LogP contribution < -0.4 is 11.1 Å². The van der Waals surface area contributed by atoms with Gasteiger partial charge in [0.25, 0.3) is 0 Å². The fourth-order valence-corrected chi connectivity index (χ4v) is 1.32. The van der Waals surface area contributed by atoms with Crippen LogP contribution in [0.5, 0.6) is 0 Å². The molecule has 4 heteroatoms. The van der Waals surface area contributed by atoms with Gasteiger partial charge in [0.1, 0.15) is 0 Å². The molecule has 0 aromatic heterocycles. The minimum Gasteiger partial charge on any atom is -0.327 e. The molecule has 0 fully saturated rings. The van der Waals surface area contributed by atoms with Crippen molar-refractivity contribution in [3.8, 4) is 0 Å². The number of carbonyl (C=O) groups excluding carboxylic acids is 1. The summed E-state index contributed by atoms with van der Waals surface area (Å²) in [4.78, 5) is 11.6. The van der Waals surface area contributed by atoms with Gasteiger partial charge in [-0.2, -0.15) is 0 Å². The van der Waals surface area contributed by atoms with Crippen molar-refractivity contribution in [2.45, 2.75) is 26.3 Å². The van der Waals surface area contributed by atoms with Crippen molar-refractivity contribution in [2.24, 2.45) is 11.7 Å². The quantitative estimate of drug-likeness (QED) is 0.850. The molecule has 0 radical (unpaired) electrons. The highest BCUT2D eigenvalue weighted by Gasteiger charge is 2.12. The molecule has 0 heterocycles. The Morgan fingerprint density at radius 3 is 2.44 bits per heavy atom. The van der Waals surface area contributed by atoms with Crippen LogP contribution in [-0.4, -0.2) is 11.9 Å². The molecule has 0 spiro atoms. The summed E-state index contributed by atoms with van der Waals surface area (Å²) in [6.07, 6.45) is 0.334. The lowest BCUT2D eigenvalue weighted by molar-refractivity contribution is -0.116. The molecule has 88 valence electrons. The summed E-state index contributed by atoms with van der Waals surface area (Å²) in [7, 11) is 0. The normalized spacial score (nSPS) is 12.6. The lowest BCUT2D eigenvalue weighted by atomic mass is 10.0. The monoisotopic (exact) mass is 240 g/mol. The van der Waals surface area contributed by atoms with E-state index in [1.807, 2.05) is 13.8 Å². The number of amides is 1. The fraction of sp³-hybridized carbons (Fsp3) is 0.417. The number of hydrogen-bond donors (Lipinski definition) is 2. The first kappa shape index (κ1) is 13.0. The second-order valence-electron chi connectivity index (χ2n) is 4.17. The maximum atomic E-state index is 11.6. The Morgan fingerprint density at radius 1 is 1.38 bits per heavy atom. The second-order valence-corrected chi connectivity index (χ2v) is 4.60. The van der Waals surface area contributed by atoms with Crippen LogP contribution in [0.3, 0.4) is 0 Å². The van der Waals surface area contributed by atoms with E-state index < -0.39 is 0 Å². The molecule has 0 aliphatic rings. The molecule has 0 saturated heterocycles. The Morgan fingerprint density at radius 2 is 1.94 bits per heavy atom. The van der Waals surface area contributed by atoms with Gasteiger partial charge in [-0.3, -0.25) is 4.79 Å². The smallest absolute Gasteiger partial charge is 0.225 e. The van der Waals surface area contributed by atoms with Crippen LogP contribution in [0.1, 0.15) is 20.3 Å². The summed E-state index contributed by atoms with van der Waals surface area (Å²) < 4.78 is 0. The van der Waals surface area contributed by atoms with E-state index in [1.54, 1.807) is 24.3 Å². The minimum atomic E-state index is -0.104. The van der Waals surface area contributed by atoms with Crippen molar-refractivity contribution < 1.29 is 4.79 Å². The van der Waals surface area contributed by atoms with Crippen LogP contribution in [-0.2, 0) is 4.79 Å². The molecule has 0 aliphatic carbocycles.